The number of aryl methyl sites for hydroxylation is 1. The minimum absolute atomic E-state index is 0.0376. The highest BCUT2D eigenvalue weighted by atomic mass is 19.4. The van der Waals surface area contributed by atoms with Crippen molar-refractivity contribution in [1.82, 2.24) is 19.7 Å². The second-order valence-electron chi connectivity index (χ2n) is 8.92. The molecule has 192 valence electrons. The van der Waals surface area contributed by atoms with Crippen molar-refractivity contribution < 1.29 is 35.9 Å². The minimum atomic E-state index is -4.79. The van der Waals surface area contributed by atoms with Crippen LogP contribution in [0, 0.1) is 5.82 Å². The second-order valence-corrected chi connectivity index (χ2v) is 8.92. The number of hydrogen-bond acceptors (Lipinski definition) is 4. The van der Waals surface area contributed by atoms with E-state index in [1.54, 1.807) is 0 Å². The molecule has 13 heteroatoms. The van der Waals surface area contributed by atoms with E-state index in [1.165, 1.54) is 4.57 Å². The number of aromatic nitrogens is 3. The highest BCUT2D eigenvalue weighted by molar-refractivity contribution is 5.97. The molecule has 0 spiro atoms. The van der Waals surface area contributed by atoms with Gasteiger partial charge in [-0.25, -0.2) is 18.0 Å². The minimum Gasteiger partial charge on any atom is -0.480 e. The molecule has 1 aromatic heterocycles. The van der Waals surface area contributed by atoms with Gasteiger partial charge in [0, 0.05) is 37.9 Å². The molecule has 0 bridgehead atoms. The van der Waals surface area contributed by atoms with Crippen LogP contribution in [0.4, 0.5) is 26.3 Å². The molecule has 0 radical (unpaired) electrons. The number of alkyl halides is 5. The first-order valence-corrected chi connectivity index (χ1v) is 11.3. The van der Waals surface area contributed by atoms with Gasteiger partial charge in [0.2, 0.25) is 5.92 Å². The van der Waals surface area contributed by atoms with Crippen LogP contribution in [0.2, 0.25) is 0 Å². The number of halogens is 6. The number of nitrogens with zero attached hydrogens (tertiary/aromatic N) is 3. The molecule has 1 N–H and O–H groups in total. The molecule has 1 aromatic carbocycles. The van der Waals surface area contributed by atoms with E-state index in [1.807, 2.05) is 0 Å². The van der Waals surface area contributed by atoms with Gasteiger partial charge in [0.25, 0.3) is 5.91 Å². The number of benzene rings is 1. The maximum absolute atomic E-state index is 15.1. The Balaban J connectivity index is 1.70. The number of carbonyl (C=O) groups is 1. The van der Waals surface area contributed by atoms with Crippen molar-refractivity contribution in [1.29, 1.82) is 0 Å². The third-order valence-corrected chi connectivity index (χ3v) is 6.31. The van der Waals surface area contributed by atoms with Crippen molar-refractivity contribution in [2.24, 2.45) is 0 Å². The van der Waals surface area contributed by atoms with E-state index in [4.69, 9.17) is 4.74 Å². The average Bonchev–Trinajstić information content (AvgIpc) is 3.12. The van der Waals surface area contributed by atoms with Gasteiger partial charge in [0.05, 0.1) is 5.56 Å². The monoisotopic (exact) mass is 506 g/mol. The Hall–Kier alpha value is -2.99. The maximum atomic E-state index is 15.1. The second kappa shape index (κ2) is 9.23. The zero-order valence-corrected chi connectivity index (χ0v) is 18.8. The fraction of sp³-hybridized carbons (Fsp3) is 0.591. The summed E-state index contributed by atoms with van der Waals surface area (Å²) in [4.78, 5) is 25.6. The number of ether oxygens (including phenoxy) is 1. The SMILES string of the molecule is C[C@H](Oc1cc(-n2nc3n(c2=O)CCCC3)c(F)cc1C(=O)NC1CCC(F)(F)CC1)C(F)(F)F. The van der Waals surface area contributed by atoms with Crippen molar-refractivity contribution >= 4 is 5.91 Å². The van der Waals surface area contributed by atoms with E-state index in [9.17, 15) is 31.5 Å². The Morgan fingerprint density at radius 1 is 1.23 bits per heavy atom. The van der Waals surface area contributed by atoms with Crippen LogP contribution < -0.4 is 15.7 Å². The third-order valence-electron chi connectivity index (χ3n) is 6.31. The quantitative estimate of drug-likeness (QED) is 0.619. The van der Waals surface area contributed by atoms with Gasteiger partial charge >= 0.3 is 11.9 Å². The first-order valence-electron chi connectivity index (χ1n) is 11.3. The fourth-order valence-corrected chi connectivity index (χ4v) is 4.24. The van der Waals surface area contributed by atoms with Crippen LogP contribution in [0.3, 0.4) is 0 Å². The lowest BCUT2D eigenvalue weighted by molar-refractivity contribution is -0.189. The molecule has 2 aromatic rings. The lowest BCUT2D eigenvalue weighted by Gasteiger charge is -2.29. The molecule has 1 atom stereocenters. The van der Waals surface area contributed by atoms with Crippen LogP contribution in [0.25, 0.3) is 5.69 Å². The molecule has 1 amide bonds. The predicted molar refractivity (Wildman–Crippen MR) is 112 cm³/mol. The summed E-state index contributed by atoms with van der Waals surface area (Å²) in [6.07, 6.45) is -6.13. The Labute approximate surface area is 196 Å². The number of amides is 1. The van der Waals surface area contributed by atoms with E-state index in [2.05, 4.69) is 10.4 Å². The standard InChI is InChI=1S/C22H24F6N4O3/c1-12(22(26,27)28)35-17-11-16(32-20(34)31-9-3-2-4-18(31)30-32)15(23)10-14(17)19(33)29-13-5-7-21(24,25)8-6-13/h10-13H,2-9H2,1H3,(H,29,33)/t12-/m0/s1. The van der Waals surface area contributed by atoms with E-state index in [0.717, 1.165) is 30.5 Å². The van der Waals surface area contributed by atoms with Gasteiger partial charge in [-0.1, -0.05) is 0 Å². The first-order chi connectivity index (χ1) is 16.4. The number of carbonyl (C=O) groups excluding carboxylic acids is 1. The van der Waals surface area contributed by atoms with Crippen LogP contribution in [0.1, 0.15) is 61.6 Å². The molecule has 1 aliphatic carbocycles. The van der Waals surface area contributed by atoms with Crippen LogP contribution in [0.15, 0.2) is 16.9 Å². The molecule has 1 aliphatic heterocycles. The maximum Gasteiger partial charge on any atom is 0.425 e. The Morgan fingerprint density at radius 2 is 1.91 bits per heavy atom. The zero-order chi connectivity index (χ0) is 25.5. The van der Waals surface area contributed by atoms with E-state index < -0.39 is 71.5 Å². The molecular weight excluding hydrogens is 482 g/mol. The topological polar surface area (TPSA) is 78.2 Å². The zero-order valence-electron chi connectivity index (χ0n) is 18.8. The highest BCUT2D eigenvalue weighted by Crippen LogP contribution is 2.34. The summed E-state index contributed by atoms with van der Waals surface area (Å²) in [6, 6.07) is 0.855. The van der Waals surface area contributed by atoms with Gasteiger partial charge in [-0.15, -0.1) is 5.10 Å². The predicted octanol–water partition coefficient (Wildman–Crippen LogP) is 4.15. The smallest absolute Gasteiger partial charge is 0.425 e. The molecule has 4 rings (SSSR count). The normalized spacial score (nSPS) is 19.2. The van der Waals surface area contributed by atoms with Gasteiger partial charge in [-0.2, -0.15) is 17.9 Å². The molecule has 0 unspecified atom stereocenters. The van der Waals surface area contributed by atoms with Crippen LogP contribution >= 0.6 is 0 Å². The lowest BCUT2D eigenvalue weighted by atomic mass is 9.92. The molecular formula is C22H24F6N4O3. The summed E-state index contributed by atoms with van der Waals surface area (Å²) in [5.74, 6) is -5.07. The van der Waals surface area contributed by atoms with Crippen molar-refractivity contribution in [3.63, 3.8) is 0 Å². The summed E-state index contributed by atoms with van der Waals surface area (Å²) in [6.45, 7) is 1.10. The van der Waals surface area contributed by atoms with Gasteiger partial charge in [-0.05, 0) is 38.7 Å². The number of fused-ring (bicyclic) bond motifs is 1. The number of rotatable bonds is 5. The summed E-state index contributed by atoms with van der Waals surface area (Å²) in [7, 11) is 0. The first kappa shape index (κ1) is 25.1. The van der Waals surface area contributed by atoms with E-state index >= 15 is 4.39 Å². The molecule has 2 heterocycles. The van der Waals surface area contributed by atoms with Crippen LogP contribution in [-0.2, 0) is 13.0 Å². The largest absolute Gasteiger partial charge is 0.480 e. The fourth-order valence-electron chi connectivity index (χ4n) is 4.24. The molecule has 35 heavy (non-hydrogen) atoms. The Kier molecular flexibility index (Phi) is 6.62. The van der Waals surface area contributed by atoms with Crippen molar-refractivity contribution in [3.05, 3.63) is 39.8 Å². The lowest BCUT2D eigenvalue weighted by Crippen LogP contribution is -2.40. The average molecular weight is 506 g/mol. The summed E-state index contributed by atoms with van der Waals surface area (Å²) in [5, 5.41) is 6.58. The summed E-state index contributed by atoms with van der Waals surface area (Å²) >= 11 is 0. The summed E-state index contributed by atoms with van der Waals surface area (Å²) in [5.41, 5.74) is -1.67. The highest BCUT2D eigenvalue weighted by Gasteiger charge is 2.39. The van der Waals surface area contributed by atoms with Crippen molar-refractivity contribution in [3.8, 4) is 11.4 Å². The number of nitrogens with one attached hydrogen (secondary N) is 1. The molecule has 7 nitrogen and oxygen atoms in total. The van der Waals surface area contributed by atoms with Gasteiger partial charge < -0.3 is 10.1 Å². The molecule has 2 aliphatic rings. The van der Waals surface area contributed by atoms with Crippen molar-refractivity contribution in [2.75, 3.05) is 0 Å². The van der Waals surface area contributed by atoms with E-state index in [-0.39, 0.29) is 12.8 Å². The molecule has 0 saturated heterocycles. The van der Waals surface area contributed by atoms with Gasteiger partial charge in [0.15, 0.2) is 6.10 Å². The van der Waals surface area contributed by atoms with Gasteiger partial charge in [0.1, 0.15) is 23.1 Å². The van der Waals surface area contributed by atoms with E-state index in [0.29, 0.717) is 24.9 Å². The summed E-state index contributed by atoms with van der Waals surface area (Å²) < 4.78 is 88.6. The Bertz CT molecular complexity index is 1160. The Morgan fingerprint density at radius 3 is 2.54 bits per heavy atom. The van der Waals surface area contributed by atoms with Crippen molar-refractivity contribution in [2.45, 2.75) is 82.7 Å². The molecule has 1 saturated carbocycles. The van der Waals surface area contributed by atoms with Crippen LogP contribution in [-0.4, -0.2) is 44.5 Å². The molecule has 1 fully saturated rings. The third kappa shape index (κ3) is 5.32. The van der Waals surface area contributed by atoms with Gasteiger partial charge in [-0.3, -0.25) is 9.36 Å². The van der Waals surface area contributed by atoms with Crippen LogP contribution in [0.5, 0.6) is 5.75 Å². The number of hydrogen-bond donors (Lipinski definition) is 1.